The van der Waals surface area contributed by atoms with Gasteiger partial charge >= 0.3 is 18.0 Å². The third-order valence-corrected chi connectivity index (χ3v) is 2.34. The van der Waals surface area contributed by atoms with Crippen molar-refractivity contribution in [1.82, 2.24) is 5.32 Å². The highest BCUT2D eigenvalue weighted by molar-refractivity contribution is 5.92. The van der Waals surface area contributed by atoms with Crippen molar-refractivity contribution in [3.8, 4) is 0 Å². The standard InChI is InChI=1S/C11H15NO9/c1-2-19-6(15)3-12-11(18)21-9-7(16)8(5(14)4-13)20-10(9)17/h5,8,13-14,16H,2-4H2,1H3,(H,12,18)/t5-,8+/m0/s1. The maximum Gasteiger partial charge on any atom is 0.413 e. The molecular weight excluding hydrogens is 290 g/mol. The SMILES string of the molecule is CCOC(=O)CNC(=O)OC1=C(O)[C@@H]([C@@H](O)CO)OC1=O. The summed E-state index contributed by atoms with van der Waals surface area (Å²) in [7, 11) is 0. The van der Waals surface area contributed by atoms with Crippen LogP contribution in [0.2, 0.25) is 0 Å². The van der Waals surface area contributed by atoms with Crippen LogP contribution in [0.15, 0.2) is 11.5 Å². The van der Waals surface area contributed by atoms with Crippen molar-refractivity contribution >= 4 is 18.0 Å². The van der Waals surface area contributed by atoms with Crippen LogP contribution in [0.3, 0.4) is 0 Å². The van der Waals surface area contributed by atoms with Crippen LogP contribution in [-0.2, 0) is 23.8 Å². The molecule has 118 valence electrons. The van der Waals surface area contributed by atoms with Gasteiger partial charge in [-0.25, -0.2) is 9.59 Å². The summed E-state index contributed by atoms with van der Waals surface area (Å²) in [6.07, 6.45) is -4.27. The Labute approximate surface area is 118 Å². The van der Waals surface area contributed by atoms with Crippen LogP contribution in [0.1, 0.15) is 6.92 Å². The van der Waals surface area contributed by atoms with Gasteiger partial charge in [-0.2, -0.15) is 0 Å². The van der Waals surface area contributed by atoms with E-state index >= 15 is 0 Å². The average molecular weight is 305 g/mol. The summed E-state index contributed by atoms with van der Waals surface area (Å²) in [5.41, 5.74) is 0. The molecule has 2 atom stereocenters. The number of carbonyl (C=O) groups is 3. The van der Waals surface area contributed by atoms with Gasteiger partial charge in [0.25, 0.3) is 5.76 Å². The van der Waals surface area contributed by atoms with Crippen LogP contribution in [0, 0.1) is 0 Å². The number of rotatable bonds is 6. The number of aliphatic hydroxyl groups excluding tert-OH is 3. The molecule has 0 aliphatic carbocycles. The maximum absolute atomic E-state index is 11.4. The fraction of sp³-hybridized carbons (Fsp3) is 0.545. The van der Waals surface area contributed by atoms with Crippen LogP contribution >= 0.6 is 0 Å². The van der Waals surface area contributed by atoms with E-state index in [1.165, 1.54) is 0 Å². The molecule has 0 aromatic heterocycles. The summed E-state index contributed by atoms with van der Waals surface area (Å²) >= 11 is 0. The van der Waals surface area contributed by atoms with Gasteiger partial charge in [0.1, 0.15) is 12.6 Å². The van der Waals surface area contributed by atoms with Crippen LogP contribution in [-0.4, -0.2) is 65.3 Å². The molecule has 1 heterocycles. The Morgan fingerprint density at radius 3 is 2.71 bits per heavy atom. The van der Waals surface area contributed by atoms with E-state index in [0.29, 0.717) is 0 Å². The van der Waals surface area contributed by atoms with Crippen molar-refractivity contribution in [3.05, 3.63) is 11.5 Å². The monoisotopic (exact) mass is 305 g/mol. The van der Waals surface area contributed by atoms with Gasteiger partial charge in [0, 0.05) is 0 Å². The zero-order valence-corrected chi connectivity index (χ0v) is 11.1. The first kappa shape index (κ1) is 16.7. The maximum atomic E-state index is 11.4. The number of ether oxygens (including phenoxy) is 3. The van der Waals surface area contributed by atoms with Crippen molar-refractivity contribution in [3.63, 3.8) is 0 Å². The highest BCUT2D eigenvalue weighted by Crippen LogP contribution is 2.24. The molecule has 0 bridgehead atoms. The summed E-state index contributed by atoms with van der Waals surface area (Å²) in [5.74, 6) is -3.55. The molecule has 0 saturated carbocycles. The number of hydrogen-bond acceptors (Lipinski definition) is 9. The molecule has 0 unspecified atom stereocenters. The van der Waals surface area contributed by atoms with E-state index in [1.807, 2.05) is 5.32 Å². The minimum Gasteiger partial charge on any atom is -0.505 e. The molecule has 0 fully saturated rings. The van der Waals surface area contributed by atoms with E-state index in [-0.39, 0.29) is 6.61 Å². The Balaban J connectivity index is 2.60. The Morgan fingerprint density at radius 1 is 1.48 bits per heavy atom. The van der Waals surface area contributed by atoms with Gasteiger partial charge in [0.05, 0.1) is 13.2 Å². The summed E-state index contributed by atoms with van der Waals surface area (Å²) in [6, 6.07) is 0. The Bertz CT molecular complexity index is 459. The second kappa shape index (κ2) is 7.45. The lowest BCUT2D eigenvalue weighted by Crippen LogP contribution is -2.31. The third-order valence-electron chi connectivity index (χ3n) is 2.34. The molecule has 10 heteroatoms. The predicted octanol–water partition coefficient (Wildman–Crippen LogP) is -1.68. The zero-order valence-electron chi connectivity index (χ0n) is 11.1. The van der Waals surface area contributed by atoms with Gasteiger partial charge in [-0.1, -0.05) is 0 Å². The molecule has 0 radical (unpaired) electrons. The highest BCUT2D eigenvalue weighted by Gasteiger charge is 2.41. The molecule has 0 spiro atoms. The first-order chi connectivity index (χ1) is 9.90. The molecule has 4 N–H and O–H groups in total. The van der Waals surface area contributed by atoms with E-state index in [9.17, 15) is 24.6 Å². The Kier molecular flexibility index (Phi) is 5.93. The van der Waals surface area contributed by atoms with Crippen LogP contribution in [0.4, 0.5) is 4.79 Å². The lowest BCUT2D eigenvalue weighted by molar-refractivity contribution is -0.147. The second-order valence-corrected chi connectivity index (χ2v) is 3.84. The normalized spacial score (nSPS) is 19.0. The number of hydrogen-bond donors (Lipinski definition) is 4. The second-order valence-electron chi connectivity index (χ2n) is 3.84. The van der Waals surface area contributed by atoms with Gasteiger partial charge in [0.2, 0.25) is 0 Å². The van der Waals surface area contributed by atoms with Crippen LogP contribution < -0.4 is 5.32 Å². The smallest absolute Gasteiger partial charge is 0.413 e. The number of aliphatic hydroxyl groups is 3. The van der Waals surface area contributed by atoms with Gasteiger partial charge in [-0.05, 0) is 6.92 Å². The van der Waals surface area contributed by atoms with E-state index in [1.54, 1.807) is 6.92 Å². The molecule has 0 aromatic carbocycles. The lowest BCUT2D eigenvalue weighted by Gasteiger charge is -2.13. The van der Waals surface area contributed by atoms with Crippen molar-refractivity contribution in [2.45, 2.75) is 19.1 Å². The molecular formula is C11H15NO9. The zero-order chi connectivity index (χ0) is 16.0. The average Bonchev–Trinajstić information content (AvgIpc) is 2.72. The number of amides is 1. The number of nitrogens with one attached hydrogen (secondary N) is 1. The molecule has 1 rings (SSSR count). The molecule has 21 heavy (non-hydrogen) atoms. The van der Waals surface area contributed by atoms with Crippen molar-refractivity contribution < 1.29 is 43.9 Å². The predicted molar refractivity (Wildman–Crippen MR) is 63.7 cm³/mol. The van der Waals surface area contributed by atoms with E-state index in [0.717, 1.165) is 0 Å². The minimum absolute atomic E-state index is 0.133. The number of carbonyl (C=O) groups excluding carboxylic acids is 3. The topological polar surface area (TPSA) is 152 Å². The Morgan fingerprint density at radius 2 is 2.14 bits per heavy atom. The van der Waals surface area contributed by atoms with Crippen LogP contribution in [0.25, 0.3) is 0 Å². The first-order valence-corrected chi connectivity index (χ1v) is 5.95. The fourth-order valence-electron chi connectivity index (χ4n) is 1.39. The quantitative estimate of drug-likeness (QED) is 0.333. The minimum atomic E-state index is -1.56. The molecule has 0 saturated heterocycles. The summed E-state index contributed by atoms with van der Waals surface area (Å²) < 4.78 is 13.6. The lowest BCUT2D eigenvalue weighted by atomic mass is 10.2. The van der Waals surface area contributed by atoms with Gasteiger partial charge < -0.3 is 34.8 Å². The fourth-order valence-corrected chi connectivity index (χ4v) is 1.39. The van der Waals surface area contributed by atoms with Crippen molar-refractivity contribution in [2.24, 2.45) is 0 Å². The van der Waals surface area contributed by atoms with E-state index in [2.05, 4.69) is 14.2 Å². The summed E-state index contributed by atoms with van der Waals surface area (Å²) in [6.45, 7) is 0.456. The largest absolute Gasteiger partial charge is 0.505 e. The van der Waals surface area contributed by atoms with Gasteiger partial charge in [-0.3, -0.25) is 4.79 Å². The van der Waals surface area contributed by atoms with Gasteiger partial charge in [0.15, 0.2) is 11.9 Å². The summed E-state index contributed by atoms with van der Waals surface area (Å²) in [4.78, 5) is 33.7. The third kappa shape index (κ3) is 4.33. The Hall–Kier alpha value is -2.33. The molecule has 1 aliphatic heterocycles. The molecule has 0 aromatic rings. The number of esters is 2. The first-order valence-electron chi connectivity index (χ1n) is 5.95. The van der Waals surface area contributed by atoms with Gasteiger partial charge in [-0.15, -0.1) is 0 Å². The molecule has 1 aliphatic rings. The van der Waals surface area contributed by atoms with E-state index in [4.69, 9.17) is 5.11 Å². The van der Waals surface area contributed by atoms with E-state index < -0.39 is 54.9 Å². The highest BCUT2D eigenvalue weighted by atomic mass is 16.6. The van der Waals surface area contributed by atoms with Crippen molar-refractivity contribution in [1.29, 1.82) is 0 Å². The summed E-state index contributed by atoms with van der Waals surface area (Å²) in [5, 5.41) is 29.6. The number of alkyl carbamates (subject to hydrolysis) is 1. The van der Waals surface area contributed by atoms with Crippen LogP contribution in [0.5, 0.6) is 0 Å². The number of cyclic esters (lactones) is 1. The van der Waals surface area contributed by atoms with Crippen molar-refractivity contribution in [2.75, 3.05) is 19.8 Å². The molecule has 1 amide bonds. The molecule has 10 nitrogen and oxygen atoms in total.